The number of nitrogens with one attached hydrogen (secondary N) is 1. The fourth-order valence-electron chi connectivity index (χ4n) is 1.75. The highest BCUT2D eigenvalue weighted by Gasteiger charge is 2.16. The summed E-state index contributed by atoms with van der Waals surface area (Å²) in [5, 5.41) is 11.6. The number of hydrogen-bond acceptors (Lipinski definition) is 4. The SMILES string of the molecule is COc1cc(C)c(NC(=O)C(N)CO)c(C)c1C. The van der Waals surface area contributed by atoms with E-state index in [1.54, 1.807) is 7.11 Å². The summed E-state index contributed by atoms with van der Waals surface area (Å²) in [7, 11) is 1.61. The van der Waals surface area contributed by atoms with Gasteiger partial charge >= 0.3 is 0 Å². The zero-order valence-electron chi connectivity index (χ0n) is 11.2. The van der Waals surface area contributed by atoms with E-state index in [2.05, 4.69) is 5.32 Å². The first-order chi connectivity index (χ1) is 8.42. The molecule has 1 aromatic rings. The maximum atomic E-state index is 11.7. The molecule has 0 radical (unpaired) electrons. The van der Waals surface area contributed by atoms with E-state index in [4.69, 9.17) is 15.6 Å². The van der Waals surface area contributed by atoms with Gasteiger partial charge in [-0.05, 0) is 43.5 Å². The average molecular weight is 252 g/mol. The first-order valence-corrected chi connectivity index (χ1v) is 5.74. The van der Waals surface area contributed by atoms with Crippen molar-refractivity contribution < 1.29 is 14.6 Å². The number of anilines is 1. The molecule has 0 spiro atoms. The number of aryl methyl sites for hydroxylation is 1. The fraction of sp³-hybridized carbons (Fsp3) is 0.462. The Hall–Kier alpha value is -1.59. The highest BCUT2D eigenvalue weighted by Crippen LogP contribution is 2.31. The maximum Gasteiger partial charge on any atom is 0.243 e. The number of amides is 1. The van der Waals surface area contributed by atoms with Gasteiger partial charge in [-0.15, -0.1) is 0 Å². The molecule has 0 aliphatic carbocycles. The van der Waals surface area contributed by atoms with Gasteiger partial charge in [-0.1, -0.05) is 0 Å². The first-order valence-electron chi connectivity index (χ1n) is 5.74. The summed E-state index contributed by atoms with van der Waals surface area (Å²) < 4.78 is 5.26. The van der Waals surface area contributed by atoms with Crippen LogP contribution in [0.2, 0.25) is 0 Å². The van der Waals surface area contributed by atoms with Crippen molar-refractivity contribution in [2.45, 2.75) is 26.8 Å². The molecule has 0 saturated carbocycles. The Morgan fingerprint density at radius 1 is 1.44 bits per heavy atom. The monoisotopic (exact) mass is 252 g/mol. The van der Waals surface area contributed by atoms with Gasteiger partial charge in [0.2, 0.25) is 5.91 Å². The van der Waals surface area contributed by atoms with Crippen LogP contribution < -0.4 is 15.8 Å². The lowest BCUT2D eigenvalue weighted by Crippen LogP contribution is -2.38. The largest absolute Gasteiger partial charge is 0.496 e. The van der Waals surface area contributed by atoms with Crippen LogP contribution in [-0.4, -0.2) is 30.8 Å². The minimum absolute atomic E-state index is 0.376. The second kappa shape index (κ2) is 5.84. The Morgan fingerprint density at radius 2 is 2.06 bits per heavy atom. The molecule has 100 valence electrons. The summed E-state index contributed by atoms with van der Waals surface area (Å²) >= 11 is 0. The third-order valence-corrected chi connectivity index (χ3v) is 3.05. The molecular weight excluding hydrogens is 232 g/mol. The van der Waals surface area contributed by atoms with Crippen LogP contribution in [-0.2, 0) is 4.79 Å². The van der Waals surface area contributed by atoms with Crippen LogP contribution in [0, 0.1) is 20.8 Å². The van der Waals surface area contributed by atoms with Crippen molar-refractivity contribution in [2.24, 2.45) is 5.73 Å². The number of methoxy groups -OCH3 is 1. The number of aliphatic hydroxyl groups excluding tert-OH is 1. The van der Waals surface area contributed by atoms with Crippen LogP contribution in [0.15, 0.2) is 6.07 Å². The van der Waals surface area contributed by atoms with Crippen LogP contribution in [0.3, 0.4) is 0 Å². The lowest BCUT2D eigenvalue weighted by molar-refractivity contribution is -0.118. The maximum absolute atomic E-state index is 11.7. The van der Waals surface area contributed by atoms with Gasteiger partial charge in [-0.3, -0.25) is 4.79 Å². The number of benzene rings is 1. The molecule has 1 amide bonds. The summed E-state index contributed by atoms with van der Waals surface area (Å²) in [6.07, 6.45) is 0. The quantitative estimate of drug-likeness (QED) is 0.742. The number of rotatable bonds is 4. The third kappa shape index (κ3) is 2.80. The van der Waals surface area contributed by atoms with Gasteiger partial charge in [-0.2, -0.15) is 0 Å². The van der Waals surface area contributed by atoms with E-state index < -0.39 is 11.9 Å². The summed E-state index contributed by atoms with van der Waals surface area (Å²) in [6, 6.07) is 0.953. The molecule has 0 bridgehead atoms. The van der Waals surface area contributed by atoms with Crippen molar-refractivity contribution in [3.8, 4) is 5.75 Å². The molecule has 18 heavy (non-hydrogen) atoms. The minimum Gasteiger partial charge on any atom is -0.496 e. The van der Waals surface area contributed by atoms with Crippen molar-refractivity contribution >= 4 is 11.6 Å². The molecule has 5 heteroatoms. The average Bonchev–Trinajstić information content (AvgIpc) is 2.37. The Kier molecular flexibility index (Phi) is 4.69. The van der Waals surface area contributed by atoms with Crippen LogP contribution >= 0.6 is 0 Å². The van der Waals surface area contributed by atoms with Crippen molar-refractivity contribution in [3.05, 3.63) is 22.8 Å². The number of aliphatic hydroxyl groups is 1. The predicted octanol–water partition coefficient (Wildman–Crippen LogP) is 0.879. The van der Waals surface area contributed by atoms with Gasteiger partial charge in [0.05, 0.1) is 13.7 Å². The van der Waals surface area contributed by atoms with Crippen LogP contribution in [0.1, 0.15) is 16.7 Å². The Bertz CT molecular complexity index is 458. The Morgan fingerprint density at radius 3 is 2.56 bits per heavy atom. The number of ether oxygens (including phenoxy) is 1. The Balaban J connectivity index is 3.11. The molecule has 0 fully saturated rings. The summed E-state index contributed by atoms with van der Waals surface area (Å²) in [4.78, 5) is 11.7. The number of hydrogen-bond donors (Lipinski definition) is 3. The van der Waals surface area contributed by atoms with Gasteiger partial charge in [0, 0.05) is 5.69 Å². The zero-order valence-corrected chi connectivity index (χ0v) is 11.2. The number of carbonyl (C=O) groups excluding carboxylic acids is 1. The van der Waals surface area contributed by atoms with Crippen LogP contribution in [0.5, 0.6) is 5.75 Å². The van der Waals surface area contributed by atoms with Crippen molar-refractivity contribution in [3.63, 3.8) is 0 Å². The fourth-order valence-corrected chi connectivity index (χ4v) is 1.75. The van der Waals surface area contributed by atoms with Crippen molar-refractivity contribution in [1.29, 1.82) is 0 Å². The van der Waals surface area contributed by atoms with Crippen LogP contribution in [0.4, 0.5) is 5.69 Å². The van der Waals surface area contributed by atoms with E-state index in [0.717, 1.165) is 28.1 Å². The predicted molar refractivity (Wildman–Crippen MR) is 70.9 cm³/mol. The molecule has 0 aliphatic rings. The number of nitrogens with two attached hydrogens (primary N) is 1. The normalized spacial score (nSPS) is 12.1. The molecule has 1 aromatic carbocycles. The third-order valence-electron chi connectivity index (χ3n) is 3.05. The van der Waals surface area contributed by atoms with Gasteiger partial charge < -0.3 is 20.9 Å². The number of carbonyl (C=O) groups is 1. The second-order valence-electron chi connectivity index (χ2n) is 4.30. The molecule has 1 unspecified atom stereocenters. The van der Waals surface area contributed by atoms with E-state index in [0.29, 0.717) is 0 Å². The molecule has 0 saturated heterocycles. The molecule has 0 aromatic heterocycles. The van der Waals surface area contributed by atoms with E-state index in [-0.39, 0.29) is 6.61 Å². The van der Waals surface area contributed by atoms with Gasteiger partial charge in [0.1, 0.15) is 11.8 Å². The summed E-state index contributed by atoms with van der Waals surface area (Å²) in [5.41, 5.74) is 9.00. The zero-order chi connectivity index (χ0) is 13.9. The second-order valence-corrected chi connectivity index (χ2v) is 4.30. The molecule has 0 heterocycles. The van der Waals surface area contributed by atoms with Crippen molar-refractivity contribution in [2.75, 3.05) is 19.0 Å². The van der Waals surface area contributed by atoms with E-state index in [9.17, 15) is 4.79 Å². The van der Waals surface area contributed by atoms with E-state index in [1.165, 1.54) is 0 Å². The van der Waals surface area contributed by atoms with E-state index >= 15 is 0 Å². The van der Waals surface area contributed by atoms with Crippen LogP contribution in [0.25, 0.3) is 0 Å². The topological polar surface area (TPSA) is 84.6 Å². The van der Waals surface area contributed by atoms with Gasteiger partial charge in [0.15, 0.2) is 0 Å². The summed E-state index contributed by atoms with van der Waals surface area (Å²) in [6.45, 7) is 5.34. The first kappa shape index (κ1) is 14.5. The molecule has 5 nitrogen and oxygen atoms in total. The van der Waals surface area contributed by atoms with Gasteiger partial charge in [0.25, 0.3) is 0 Å². The molecule has 1 atom stereocenters. The lowest BCUT2D eigenvalue weighted by atomic mass is 10.0. The minimum atomic E-state index is -0.911. The summed E-state index contributed by atoms with van der Waals surface area (Å²) in [5.74, 6) is 0.391. The lowest BCUT2D eigenvalue weighted by Gasteiger charge is -2.18. The smallest absolute Gasteiger partial charge is 0.243 e. The highest BCUT2D eigenvalue weighted by molar-refractivity contribution is 5.96. The standard InChI is InChI=1S/C13H20N2O3/c1-7-5-11(18-4)8(2)9(3)12(7)15-13(17)10(14)6-16/h5,10,16H,6,14H2,1-4H3,(H,15,17). The van der Waals surface area contributed by atoms with Gasteiger partial charge in [-0.25, -0.2) is 0 Å². The van der Waals surface area contributed by atoms with Crippen molar-refractivity contribution in [1.82, 2.24) is 0 Å². The van der Waals surface area contributed by atoms with E-state index in [1.807, 2.05) is 26.8 Å². The highest BCUT2D eigenvalue weighted by atomic mass is 16.5. The molecule has 4 N–H and O–H groups in total. The Labute approximate surface area is 107 Å². The molecular formula is C13H20N2O3. The molecule has 1 rings (SSSR count). The molecule has 0 aliphatic heterocycles.